The maximum Gasteiger partial charge on any atom is 0.161 e. The van der Waals surface area contributed by atoms with E-state index < -0.39 is 5.82 Å². The highest BCUT2D eigenvalue weighted by molar-refractivity contribution is 7.80. The number of hydrogen-bond acceptors (Lipinski definition) is 3. The van der Waals surface area contributed by atoms with Gasteiger partial charge in [-0.05, 0) is 54.8 Å². The summed E-state index contributed by atoms with van der Waals surface area (Å²) >= 11 is 11.9. The summed E-state index contributed by atoms with van der Waals surface area (Å²) in [5, 5.41) is 0.334. The van der Waals surface area contributed by atoms with Crippen LogP contribution in [0.25, 0.3) is 0 Å². The molecule has 0 spiro atoms. The van der Waals surface area contributed by atoms with Crippen molar-refractivity contribution >= 4 is 28.8 Å². The van der Waals surface area contributed by atoms with E-state index >= 15 is 0 Å². The lowest BCUT2D eigenvalue weighted by molar-refractivity contribution is 0.266. The number of benzene rings is 3. The Bertz CT molecular complexity index is 1080. The third-order valence-corrected chi connectivity index (χ3v) is 6.19. The Morgan fingerprint density at radius 3 is 2.61 bits per heavy atom. The van der Waals surface area contributed by atoms with Crippen LogP contribution in [0, 0.1) is 5.82 Å². The van der Waals surface area contributed by atoms with Crippen LogP contribution in [0.4, 0.5) is 4.39 Å². The molecule has 0 amide bonds. The summed E-state index contributed by atoms with van der Waals surface area (Å²) in [5.74, 6) is 0.706. The molecule has 0 radical (unpaired) electrons. The van der Waals surface area contributed by atoms with Gasteiger partial charge in [0.2, 0.25) is 0 Å². The highest BCUT2D eigenvalue weighted by atomic mass is 35.5. The minimum absolute atomic E-state index is 0.0122. The molecule has 0 N–H and O–H groups in total. The molecule has 0 bridgehead atoms. The summed E-state index contributed by atoms with van der Waals surface area (Å²) in [4.78, 5) is 2.99. The van der Waals surface area contributed by atoms with Crippen molar-refractivity contribution in [2.24, 2.45) is 0 Å². The zero-order chi connectivity index (χ0) is 21.8. The Hall–Kier alpha value is -2.63. The van der Waals surface area contributed by atoms with E-state index in [4.69, 9.17) is 33.3 Å². The number of thiocarbonyl (C=S) groups is 1. The van der Waals surface area contributed by atoms with Crippen LogP contribution in [0.3, 0.4) is 0 Å². The standard InChI is InChI=1S/C25H23ClFNO2S/c1-2-29-24-14-18(25(31)28-13-12-17-6-3-4-7-19(17)15-28)10-11-23(24)30-16-20-21(26)8-5-9-22(20)27/h3-11,14H,2,12-13,15-16H2,1H3. The molecule has 3 aromatic carbocycles. The lowest BCUT2D eigenvalue weighted by Gasteiger charge is -2.31. The molecule has 1 heterocycles. The van der Waals surface area contributed by atoms with Gasteiger partial charge in [-0.15, -0.1) is 0 Å². The molecule has 31 heavy (non-hydrogen) atoms. The van der Waals surface area contributed by atoms with Gasteiger partial charge in [-0.1, -0.05) is 54.2 Å². The molecule has 3 aromatic rings. The molecule has 0 atom stereocenters. The molecular weight excluding hydrogens is 433 g/mol. The van der Waals surface area contributed by atoms with Crippen LogP contribution in [0.15, 0.2) is 60.7 Å². The van der Waals surface area contributed by atoms with Crippen molar-refractivity contribution in [2.75, 3.05) is 13.2 Å². The molecule has 0 aromatic heterocycles. The Kier molecular flexibility index (Phi) is 6.73. The van der Waals surface area contributed by atoms with Gasteiger partial charge < -0.3 is 14.4 Å². The Labute approximate surface area is 192 Å². The van der Waals surface area contributed by atoms with E-state index in [0.29, 0.717) is 28.7 Å². The first-order valence-corrected chi connectivity index (χ1v) is 11.0. The van der Waals surface area contributed by atoms with Gasteiger partial charge in [0.25, 0.3) is 0 Å². The Morgan fingerprint density at radius 2 is 1.84 bits per heavy atom. The van der Waals surface area contributed by atoms with Crippen LogP contribution in [0.2, 0.25) is 5.02 Å². The molecule has 4 rings (SSSR count). The molecule has 0 saturated heterocycles. The second kappa shape index (κ2) is 9.67. The summed E-state index contributed by atoms with van der Waals surface area (Å²) in [6, 6.07) is 18.7. The predicted molar refractivity (Wildman–Crippen MR) is 126 cm³/mol. The van der Waals surface area contributed by atoms with Crippen molar-refractivity contribution in [1.82, 2.24) is 4.90 Å². The number of nitrogens with zero attached hydrogens (tertiary/aromatic N) is 1. The molecule has 1 aliphatic rings. The largest absolute Gasteiger partial charge is 0.490 e. The third-order valence-electron chi connectivity index (χ3n) is 5.34. The molecule has 0 aliphatic carbocycles. The fourth-order valence-corrected chi connectivity index (χ4v) is 4.20. The molecule has 160 valence electrons. The van der Waals surface area contributed by atoms with Gasteiger partial charge in [0.1, 0.15) is 17.4 Å². The number of halogens is 2. The number of fused-ring (bicyclic) bond motifs is 1. The van der Waals surface area contributed by atoms with E-state index in [0.717, 1.165) is 30.1 Å². The topological polar surface area (TPSA) is 21.7 Å². The van der Waals surface area contributed by atoms with Gasteiger partial charge in [-0.2, -0.15) is 0 Å². The third kappa shape index (κ3) is 4.83. The van der Waals surface area contributed by atoms with Crippen LogP contribution < -0.4 is 9.47 Å². The first-order valence-electron chi connectivity index (χ1n) is 10.3. The van der Waals surface area contributed by atoms with Crippen LogP contribution in [-0.2, 0) is 19.6 Å². The van der Waals surface area contributed by atoms with Gasteiger partial charge >= 0.3 is 0 Å². The van der Waals surface area contributed by atoms with E-state index in [9.17, 15) is 4.39 Å². The Balaban J connectivity index is 1.52. The van der Waals surface area contributed by atoms with Crippen molar-refractivity contribution in [2.45, 2.75) is 26.5 Å². The molecule has 0 saturated carbocycles. The lowest BCUT2D eigenvalue weighted by atomic mass is 9.99. The molecule has 0 unspecified atom stereocenters. The van der Waals surface area contributed by atoms with Crippen molar-refractivity contribution < 1.29 is 13.9 Å². The summed E-state index contributed by atoms with van der Waals surface area (Å²) in [7, 11) is 0. The average molecular weight is 456 g/mol. The Morgan fingerprint density at radius 1 is 1.03 bits per heavy atom. The van der Waals surface area contributed by atoms with Crippen molar-refractivity contribution in [3.63, 3.8) is 0 Å². The maximum atomic E-state index is 14.1. The number of hydrogen-bond donors (Lipinski definition) is 0. The van der Waals surface area contributed by atoms with Crippen LogP contribution in [-0.4, -0.2) is 23.0 Å². The second-order valence-electron chi connectivity index (χ2n) is 7.33. The SMILES string of the molecule is CCOc1cc(C(=S)N2CCc3ccccc3C2)ccc1OCc1c(F)cccc1Cl. The second-order valence-corrected chi connectivity index (χ2v) is 8.12. The van der Waals surface area contributed by atoms with E-state index in [1.807, 2.05) is 25.1 Å². The van der Waals surface area contributed by atoms with E-state index in [2.05, 4.69) is 29.2 Å². The summed E-state index contributed by atoms with van der Waals surface area (Å²) in [6.07, 6.45) is 0.971. The van der Waals surface area contributed by atoms with E-state index in [1.54, 1.807) is 12.1 Å². The van der Waals surface area contributed by atoms with Gasteiger partial charge in [-0.3, -0.25) is 0 Å². The van der Waals surface area contributed by atoms with E-state index in [-0.39, 0.29) is 6.61 Å². The monoisotopic (exact) mass is 455 g/mol. The fourth-order valence-electron chi connectivity index (χ4n) is 3.70. The maximum absolute atomic E-state index is 14.1. The summed E-state index contributed by atoms with van der Waals surface area (Å²) in [6.45, 7) is 4.07. The van der Waals surface area contributed by atoms with Crippen LogP contribution in [0.5, 0.6) is 11.5 Å². The number of ether oxygens (including phenoxy) is 2. The van der Waals surface area contributed by atoms with Gasteiger partial charge in [0.05, 0.1) is 11.6 Å². The predicted octanol–water partition coefficient (Wildman–Crippen LogP) is 6.19. The molecule has 6 heteroatoms. The minimum atomic E-state index is -0.395. The normalized spacial score (nSPS) is 12.9. The van der Waals surface area contributed by atoms with E-state index in [1.165, 1.54) is 17.2 Å². The van der Waals surface area contributed by atoms with Gasteiger partial charge in [0, 0.05) is 24.2 Å². The minimum Gasteiger partial charge on any atom is -0.490 e. The summed E-state index contributed by atoms with van der Waals surface area (Å²) in [5.41, 5.74) is 3.90. The van der Waals surface area contributed by atoms with Crippen molar-refractivity contribution in [3.05, 3.63) is 93.8 Å². The van der Waals surface area contributed by atoms with Crippen molar-refractivity contribution in [3.8, 4) is 11.5 Å². The van der Waals surface area contributed by atoms with Crippen LogP contribution >= 0.6 is 23.8 Å². The fraction of sp³-hybridized carbons (Fsp3) is 0.240. The van der Waals surface area contributed by atoms with Crippen LogP contribution in [0.1, 0.15) is 29.2 Å². The quantitative estimate of drug-likeness (QED) is 0.413. The first kappa shape index (κ1) is 21.6. The molecule has 0 fully saturated rings. The highest BCUT2D eigenvalue weighted by Crippen LogP contribution is 2.32. The smallest absolute Gasteiger partial charge is 0.161 e. The van der Waals surface area contributed by atoms with Gasteiger partial charge in [-0.25, -0.2) is 4.39 Å². The lowest BCUT2D eigenvalue weighted by Crippen LogP contribution is -2.35. The molecule has 3 nitrogen and oxygen atoms in total. The average Bonchev–Trinajstić information content (AvgIpc) is 2.79. The molecular formula is C25H23ClFNO2S. The first-order chi connectivity index (χ1) is 15.1. The van der Waals surface area contributed by atoms with Gasteiger partial charge in [0.15, 0.2) is 11.5 Å². The number of rotatable bonds is 6. The zero-order valence-electron chi connectivity index (χ0n) is 17.2. The molecule has 1 aliphatic heterocycles. The summed E-state index contributed by atoms with van der Waals surface area (Å²) < 4.78 is 25.7. The van der Waals surface area contributed by atoms with Crippen molar-refractivity contribution in [1.29, 1.82) is 0 Å². The zero-order valence-corrected chi connectivity index (χ0v) is 18.8. The highest BCUT2D eigenvalue weighted by Gasteiger charge is 2.20.